The molecule has 0 saturated heterocycles. The summed E-state index contributed by atoms with van der Waals surface area (Å²) < 4.78 is 24.0. The molecule has 148 valence electrons. The van der Waals surface area contributed by atoms with E-state index in [1.807, 2.05) is 36.4 Å². The highest BCUT2D eigenvalue weighted by Crippen LogP contribution is 2.42. The van der Waals surface area contributed by atoms with Gasteiger partial charge in [0.25, 0.3) is 0 Å². The van der Waals surface area contributed by atoms with Crippen molar-refractivity contribution in [1.29, 1.82) is 5.26 Å². The summed E-state index contributed by atoms with van der Waals surface area (Å²) >= 11 is 1.60. The summed E-state index contributed by atoms with van der Waals surface area (Å²) in [6.07, 6.45) is 0.235. The molecule has 0 unspecified atom stereocenters. The lowest BCUT2D eigenvalue weighted by Crippen LogP contribution is -1.96. The fourth-order valence-corrected chi connectivity index (χ4v) is 4.97. The number of rotatable bonds is 3. The monoisotopic (exact) mass is 417 g/mol. The predicted octanol–water partition coefficient (Wildman–Crippen LogP) is 4.56. The summed E-state index contributed by atoms with van der Waals surface area (Å²) in [6.45, 7) is 2.51. The molecule has 7 nitrogen and oxygen atoms in total. The van der Waals surface area contributed by atoms with Gasteiger partial charge >= 0.3 is 0 Å². The highest BCUT2D eigenvalue weighted by atomic mass is 32.1. The van der Waals surface area contributed by atoms with E-state index in [1.165, 1.54) is 0 Å². The number of benzene rings is 2. The molecule has 0 bridgehead atoms. The van der Waals surface area contributed by atoms with Crippen molar-refractivity contribution in [3.8, 4) is 51.6 Å². The first-order valence-corrected chi connectivity index (χ1v) is 10.2. The number of nitriles is 1. The zero-order valence-electron chi connectivity index (χ0n) is 16.0. The Hall–Kier alpha value is -3.70. The maximum absolute atomic E-state index is 9.55. The van der Waals surface area contributed by atoms with Crippen molar-refractivity contribution < 1.29 is 18.9 Å². The fraction of sp³-hybridized carbons (Fsp3) is 0.182. The van der Waals surface area contributed by atoms with Gasteiger partial charge < -0.3 is 18.9 Å². The van der Waals surface area contributed by atoms with Crippen LogP contribution in [0.25, 0.3) is 27.5 Å². The number of imidazole rings is 1. The molecule has 30 heavy (non-hydrogen) atoms. The van der Waals surface area contributed by atoms with Crippen LogP contribution in [0.4, 0.5) is 0 Å². The molecule has 6 rings (SSSR count). The number of hydrogen-bond acceptors (Lipinski definition) is 7. The van der Waals surface area contributed by atoms with Gasteiger partial charge in [-0.3, -0.25) is 4.40 Å². The smallest absolute Gasteiger partial charge is 0.231 e. The largest absolute Gasteiger partial charge is 0.454 e. The van der Waals surface area contributed by atoms with Gasteiger partial charge in [0, 0.05) is 16.0 Å². The second kappa shape index (κ2) is 6.40. The molecule has 0 atom stereocenters. The maximum atomic E-state index is 9.55. The molecule has 0 amide bonds. The Morgan fingerprint density at radius 2 is 1.60 bits per heavy atom. The Morgan fingerprint density at radius 1 is 0.967 bits per heavy atom. The van der Waals surface area contributed by atoms with E-state index >= 15 is 0 Å². The van der Waals surface area contributed by atoms with Crippen LogP contribution in [0.1, 0.15) is 10.6 Å². The van der Waals surface area contributed by atoms with Crippen molar-refractivity contribution in [1.82, 2.24) is 9.38 Å². The van der Waals surface area contributed by atoms with E-state index in [2.05, 4.69) is 17.4 Å². The maximum Gasteiger partial charge on any atom is 0.231 e. The van der Waals surface area contributed by atoms with Crippen molar-refractivity contribution in [2.45, 2.75) is 13.3 Å². The molecule has 4 aromatic rings. The Morgan fingerprint density at radius 3 is 2.30 bits per heavy atom. The van der Waals surface area contributed by atoms with Crippen molar-refractivity contribution in [2.75, 3.05) is 13.6 Å². The van der Waals surface area contributed by atoms with Gasteiger partial charge in [-0.1, -0.05) is 0 Å². The van der Waals surface area contributed by atoms with Crippen LogP contribution in [0.2, 0.25) is 0 Å². The molecule has 0 radical (unpaired) electrons. The van der Waals surface area contributed by atoms with Crippen LogP contribution in [0.3, 0.4) is 0 Å². The van der Waals surface area contributed by atoms with E-state index in [9.17, 15) is 5.26 Å². The van der Waals surface area contributed by atoms with E-state index in [0.717, 1.165) is 55.3 Å². The molecule has 2 aliphatic heterocycles. The first-order chi connectivity index (χ1) is 14.7. The highest BCUT2D eigenvalue weighted by Gasteiger charge is 2.24. The van der Waals surface area contributed by atoms with Crippen LogP contribution in [0, 0.1) is 18.3 Å². The number of thiazole rings is 1. The molecule has 0 aliphatic carbocycles. The Balaban J connectivity index is 1.57. The van der Waals surface area contributed by atoms with E-state index < -0.39 is 0 Å². The van der Waals surface area contributed by atoms with Gasteiger partial charge in [0.05, 0.1) is 29.6 Å². The van der Waals surface area contributed by atoms with Crippen LogP contribution in [0.5, 0.6) is 23.0 Å². The molecule has 0 N–H and O–H groups in total. The Bertz CT molecular complexity index is 1370. The summed E-state index contributed by atoms with van der Waals surface area (Å²) in [5.74, 6) is 2.88. The molecule has 0 saturated carbocycles. The molecule has 8 heteroatoms. The first-order valence-electron chi connectivity index (χ1n) is 9.40. The normalized spacial score (nSPS) is 13.7. The van der Waals surface area contributed by atoms with Gasteiger partial charge in [0.2, 0.25) is 13.6 Å². The third kappa shape index (κ3) is 2.46. The Kier molecular flexibility index (Phi) is 3.67. The highest BCUT2D eigenvalue weighted by molar-refractivity contribution is 7.17. The topological polar surface area (TPSA) is 78.0 Å². The molecule has 2 aromatic heterocycles. The van der Waals surface area contributed by atoms with E-state index in [-0.39, 0.29) is 20.0 Å². The molecule has 0 fully saturated rings. The first kappa shape index (κ1) is 17.2. The van der Waals surface area contributed by atoms with Crippen LogP contribution in [-0.4, -0.2) is 23.0 Å². The van der Waals surface area contributed by atoms with Crippen LogP contribution < -0.4 is 18.9 Å². The summed E-state index contributed by atoms with van der Waals surface area (Å²) in [6, 6.07) is 14.0. The molecule has 2 aliphatic rings. The van der Waals surface area contributed by atoms with E-state index in [1.54, 1.807) is 11.3 Å². The molecule has 0 spiro atoms. The summed E-state index contributed by atoms with van der Waals surface area (Å²) in [7, 11) is 0. The second-order valence-electron chi connectivity index (χ2n) is 7.00. The minimum Gasteiger partial charge on any atom is -0.454 e. The number of nitrogens with zero attached hydrogens (tertiary/aromatic N) is 3. The van der Waals surface area contributed by atoms with Gasteiger partial charge in [-0.05, 0) is 43.3 Å². The number of hydrogen-bond donors (Lipinski definition) is 0. The van der Waals surface area contributed by atoms with E-state index in [0.29, 0.717) is 5.75 Å². The average Bonchev–Trinajstić information content (AvgIpc) is 3.51. The van der Waals surface area contributed by atoms with Gasteiger partial charge in [-0.15, -0.1) is 11.3 Å². The van der Waals surface area contributed by atoms with E-state index in [4.69, 9.17) is 23.9 Å². The number of aryl methyl sites for hydroxylation is 1. The minimum absolute atomic E-state index is 0.218. The number of ether oxygens (including phenoxy) is 4. The lowest BCUT2D eigenvalue weighted by molar-refractivity contribution is 0.173. The lowest BCUT2D eigenvalue weighted by Gasteiger charge is -2.08. The Labute approximate surface area is 175 Å². The SMILES string of the molecule is Cc1sc2nc(-c3ccc4c(c3)OCO4)c(CC#N)n2c1-c1ccc2c(c1)OCO2. The van der Waals surface area contributed by atoms with Gasteiger partial charge in [-0.2, -0.15) is 5.26 Å². The fourth-order valence-electron chi connectivity index (χ4n) is 3.96. The molecular weight excluding hydrogens is 402 g/mol. The zero-order chi connectivity index (χ0) is 20.2. The van der Waals surface area contributed by atoms with Gasteiger partial charge in [0.1, 0.15) is 0 Å². The third-order valence-electron chi connectivity index (χ3n) is 5.28. The quantitative estimate of drug-likeness (QED) is 0.486. The summed E-state index contributed by atoms with van der Waals surface area (Å²) in [4.78, 5) is 6.85. The van der Waals surface area contributed by atoms with Crippen LogP contribution >= 0.6 is 11.3 Å². The van der Waals surface area contributed by atoms with Crippen molar-refractivity contribution in [3.63, 3.8) is 0 Å². The minimum atomic E-state index is 0.218. The van der Waals surface area contributed by atoms with Crippen molar-refractivity contribution in [3.05, 3.63) is 47.0 Å². The zero-order valence-corrected chi connectivity index (χ0v) is 16.8. The standard InChI is InChI=1S/C22H15N3O4S/c1-12-21(14-3-5-17-19(9-14)29-11-27-17)25-15(6-7-23)20(24-22(25)30-12)13-2-4-16-18(8-13)28-10-26-16/h2-5,8-9H,6,10-11H2,1H3. The molecule has 2 aromatic carbocycles. The lowest BCUT2D eigenvalue weighted by atomic mass is 10.1. The average molecular weight is 417 g/mol. The molecular formula is C22H15N3O4S. The summed E-state index contributed by atoms with van der Waals surface area (Å²) in [5, 5.41) is 9.55. The van der Waals surface area contributed by atoms with Crippen molar-refractivity contribution in [2.24, 2.45) is 0 Å². The van der Waals surface area contributed by atoms with Gasteiger partial charge in [-0.25, -0.2) is 4.98 Å². The second-order valence-corrected chi connectivity index (χ2v) is 8.18. The molecule has 4 heterocycles. The number of fused-ring (bicyclic) bond motifs is 3. The van der Waals surface area contributed by atoms with Crippen molar-refractivity contribution >= 4 is 16.3 Å². The third-order valence-corrected chi connectivity index (χ3v) is 6.24. The van der Waals surface area contributed by atoms with Gasteiger partial charge in [0.15, 0.2) is 28.0 Å². The van der Waals surface area contributed by atoms with Crippen LogP contribution in [-0.2, 0) is 6.42 Å². The summed E-state index contributed by atoms with van der Waals surface area (Å²) in [5.41, 5.74) is 4.54. The van der Waals surface area contributed by atoms with Crippen LogP contribution in [0.15, 0.2) is 36.4 Å². The predicted molar refractivity (Wildman–Crippen MR) is 110 cm³/mol. The number of aromatic nitrogens is 2.